The predicted octanol–water partition coefficient (Wildman–Crippen LogP) is 1.92. The Hall–Kier alpha value is -0.730. The van der Waals surface area contributed by atoms with Gasteiger partial charge < -0.3 is 9.84 Å². The number of hydrogen-bond donors (Lipinski definition) is 1. The Balaban J connectivity index is 3.02. The van der Waals surface area contributed by atoms with Crippen LogP contribution in [0, 0.1) is 0 Å². The van der Waals surface area contributed by atoms with Crippen molar-refractivity contribution >= 4 is 11.6 Å². The van der Waals surface area contributed by atoms with Gasteiger partial charge in [-0.05, 0) is 6.07 Å². The predicted molar refractivity (Wildman–Crippen MR) is 43.8 cm³/mol. The molecule has 0 fully saturated rings. The van der Waals surface area contributed by atoms with Crippen LogP contribution in [0.4, 0.5) is 0 Å². The SMILES string of the molecule is COc1ccccc1C(O)Cl. The molecule has 1 atom stereocenters. The normalized spacial score (nSPS) is 12.6. The first-order valence-corrected chi connectivity index (χ1v) is 3.64. The van der Waals surface area contributed by atoms with E-state index in [0.29, 0.717) is 11.3 Å². The van der Waals surface area contributed by atoms with Crippen molar-refractivity contribution in [1.29, 1.82) is 0 Å². The van der Waals surface area contributed by atoms with E-state index in [2.05, 4.69) is 0 Å². The van der Waals surface area contributed by atoms with Gasteiger partial charge in [-0.2, -0.15) is 0 Å². The van der Waals surface area contributed by atoms with E-state index in [1.54, 1.807) is 18.2 Å². The number of methoxy groups -OCH3 is 1. The van der Waals surface area contributed by atoms with E-state index in [9.17, 15) is 0 Å². The molecule has 0 spiro atoms. The number of benzene rings is 1. The maximum atomic E-state index is 9.02. The molecule has 0 aliphatic rings. The molecule has 2 nitrogen and oxygen atoms in total. The second kappa shape index (κ2) is 3.60. The zero-order chi connectivity index (χ0) is 8.27. The molecule has 11 heavy (non-hydrogen) atoms. The van der Waals surface area contributed by atoms with E-state index in [1.165, 1.54) is 7.11 Å². The number of ether oxygens (including phenoxy) is 1. The second-order valence-electron chi connectivity index (χ2n) is 2.08. The maximum absolute atomic E-state index is 9.02. The first-order valence-electron chi connectivity index (χ1n) is 3.20. The molecule has 0 heterocycles. The van der Waals surface area contributed by atoms with Gasteiger partial charge in [-0.15, -0.1) is 0 Å². The molecule has 1 rings (SSSR count). The lowest BCUT2D eigenvalue weighted by atomic mass is 10.2. The Bertz CT molecular complexity index is 235. The van der Waals surface area contributed by atoms with Crippen LogP contribution in [0.1, 0.15) is 11.1 Å². The number of alkyl halides is 1. The van der Waals surface area contributed by atoms with Gasteiger partial charge in [0, 0.05) is 5.56 Å². The fourth-order valence-electron chi connectivity index (χ4n) is 0.863. The highest BCUT2D eigenvalue weighted by Crippen LogP contribution is 2.26. The highest BCUT2D eigenvalue weighted by Gasteiger charge is 2.07. The molecule has 0 amide bonds. The summed E-state index contributed by atoms with van der Waals surface area (Å²) in [7, 11) is 1.54. The van der Waals surface area contributed by atoms with Crippen LogP contribution in [0.25, 0.3) is 0 Å². The van der Waals surface area contributed by atoms with Crippen molar-refractivity contribution in [2.24, 2.45) is 0 Å². The van der Waals surface area contributed by atoms with Gasteiger partial charge >= 0.3 is 0 Å². The van der Waals surface area contributed by atoms with Crippen molar-refractivity contribution in [3.63, 3.8) is 0 Å². The fourth-order valence-corrected chi connectivity index (χ4v) is 1.04. The summed E-state index contributed by atoms with van der Waals surface area (Å²) in [6.45, 7) is 0. The Morgan fingerprint density at radius 1 is 1.45 bits per heavy atom. The van der Waals surface area contributed by atoms with E-state index in [-0.39, 0.29) is 0 Å². The topological polar surface area (TPSA) is 29.5 Å². The monoisotopic (exact) mass is 172 g/mol. The minimum atomic E-state index is -0.994. The molecule has 1 aromatic carbocycles. The van der Waals surface area contributed by atoms with Crippen molar-refractivity contribution in [2.75, 3.05) is 7.11 Å². The standard InChI is InChI=1S/C8H9ClO2/c1-11-7-5-3-2-4-6(7)8(9)10/h2-5,8,10H,1H3. The zero-order valence-electron chi connectivity index (χ0n) is 6.12. The van der Waals surface area contributed by atoms with Crippen LogP contribution in [-0.4, -0.2) is 12.2 Å². The van der Waals surface area contributed by atoms with Crippen LogP contribution < -0.4 is 4.74 Å². The van der Waals surface area contributed by atoms with Crippen LogP contribution in [-0.2, 0) is 0 Å². The second-order valence-corrected chi connectivity index (χ2v) is 2.49. The number of para-hydroxylation sites is 1. The van der Waals surface area contributed by atoms with Gasteiger partial charge in [-0.1, -0.05) is 29.8 Å². The van der Waals surface area contributed by atoms with Crippen LogP contribution in [0.5, 0.6) is 5.75 Å². The number of aliphatic hydroxyl groups is 1. The third-order valence-electron chi connectivity index (χ3n) is 1.40. The quantitative estimate of drug-likeness (QED) is 0.691. The number of hydrogen-bond acceptors (Lipinski definition) is 2. The van der Waals surface area contributed by atoms with E-state index in [0.717, 1.165) is 0 Å². The average molecular weight is 173 g/mol. The van der Waals surface area contributed by atoms with Crippen molar-refractivity contribution in [3.8, 4) is 5.75 Å². The summed E-state index contributed by atoms with van der Waals surface area (Å²) < 4.78 is 4.96. The molecule has 0 aromatic heterocycles. The summed E-state index contributed by atoms with van der Waals surface area (Å²) in [5.74, 6) is 0.606. The fraction of sp³-hybridized carbons (Fsp3) is 0.250. The highest BCUT2D eigenvalue weighted by atomic mass is 35.5. The van der Waals surface area contributed by atoms with Crippen LogP contribution >= 0.6 is 11.6 Å². The van der Waals surface area contributed by atoms with Crippen LogP contribution in [0.15, 0.2) is 24.3 Å². The third-order valence-corrected chi connectivity index (χ3v) is 1.63. The van der Waals surface area contributed by atoms with Crippen molar-refractivity contribution in [2.45, 2.75) is 5.56 Å². The van der Waals surface area contributed by atoms with Gasteiger partial charge in [0.2, 0.25) is 0 Å². The molecule has 0 aliphatic carbocycles. The molecule has 0 saturated heterocycles. The lowest BCUT2D eigenvalue weighted by molar-refractivity contribution is 0.255. The minimum Gasteiger partial charge on any atom is -0.496 e. The summed E-state index contributed by atoms with van der Waals surface area (Å²) >= 11 is 5.46. The zero-order valence-corrected chi connectivity index (χ0v) is 6.88. The van der Waals surface area contributed by atoms with Crippen molar-refractivity contribution in [3.05, 3.63) is 29.8 Å². The van der Waals surface area contributed by atoms with Gasteiger partial charge in [-0.25, -0.2) is 0 Å². The summed E-state index contributed by atoms with van der Waals surface area (Å²) in [5.41, 5.74) is -0.400. The van der Waals surface area contributed by atoms with Crippen molar-refractivity contribution < 1.29 is 9.84 Å². The summed E-state index contributed by atoms with van der Waals surface area (Å²) in [4.78, 5) is 0. The smallest absolute Gasteiger partial charge is 0.157 e. The largest absolute Gasteiger partial charge is 0.496 e. The Kier molecular flexibility index (Phi) is 2.74. The number of rotatable bonds is 2. The third kappa shape index (κ3) is 1.85. The Morgan fingerprint density at radius 2 is 2.09 bits per heavy atom. The molecule has 0 bridgehead atoms. The summed E-state index contributed by atoms with van der Waals surface area (Å²) in [6.07, 6.45) is 0. The molecular weight excluding hydrogens is 164 g/mol. The molecule has 0 radical (unpaired) electrons. The van der Waals surface area contributed by atoms with Gasteiger partial charge in [0.1, 0.15) is 5.75 Å². The first-order chi connectivity index (χ1) is 5.25. The van der Waals surface area contributed by atoms with E-state index in [1.807, 2.05) is 6.07 Å². The summed E-state index contributed by atoms with van der Waals surface area (Å²) in [5, 5.41) is 9.02. The minimum absolute atomic E-state index is 0.594. The first kappa shape index (κ1) is 8.37. The average Bonchev–Trinajstić information content (AvgIpc) is 2.04. The molecule has 0 saturated carbocycles. The molecule has 1 N–H and O–H groups in total. The molecule has 3 heteroatoms. The number of aliphatic hydroxyl groups excluding tert-OH is 1. The highest BCUT2D eigenvalue weighted by molar-refractivity contribution is 6.19. The van der Waals surface area contributed by atoms with E-state index < -0.39 is 5.56 Å². The Labute approximate surface area is 70.4 Å². The van der Waals surface area contributed by atoms with Gasteiger partial charge in [0.15, 0.2) is 5.56 Å². The van der Waals surface area contributed by atoms with Gasteiger partial charge in [0.05, 0.1) is 7.11 Å². The molecular formula is C8H9ClO2. The van der Waals surface area contributed by atoms with E-state index >= 15 is 0 Å². The summed E-state index contributed by atoms with van der Waals surface area (Å²) in [6, 6.07) is 7.09. The van der Waals surface area contributed by atoms with Gasteiger partial charge in [-0.3, -0.25) is 0 Å². The lowest BCUT2D eigenvalue weighted by Crippen LogP contribution is -1.93. The van der Waals surface area contributed by atoms with Crippen molar-refractivity contribution in [1.82, 2.24) is 0 Å². The lowest BCUT2D eigenvalue weighted by Gasteiger charge is -2.07. The maximum Gasteiger partial charge on any atom is 0.157 e. The Morgan fingerprint density at radius 3 is 2.55 bits per heavy atom. The van der Waals surface area contributed by atoms with E-state index in [4.69, 9.17) is 21.4 Å². The number of halogens is 1. The molecule has 0 aliphatic heterocycles. The molecule has 60 valence electrons. The molecule has 1 aromatic rings. The molecule has 1 unspecified atom stereocenters. The van der Waals surface area contributed by atoms with Crippen LogP contribution in [0.3, 0.4) is 0 Å². The van der Waals surface area contributed by atoms with Gasteiger partial charge in [0.25, 0.3) is 0 Å². The van der Waals surface area contributed by atoms with Crippen LogP contribution in [0.2, 0.25) is 0 Å².